The van der Waals surface area contributed by atoms with E-state index in [2.05, 4.69) is 74.5 Å². The quantitative estimate of drug-likeness (QED) is 0.409. The topological polar surface area (TPSA) is 15.3 Å². The van der Waals surface area contributed by atoms with Crippen LogP contribution in [-0.4, -0.2) is 25.7 Å². The molecule has 1 N–H and O–H groups in total. The number of hydrogen-bond acceptors (Lipinski definition) is 3. The van der Waals surface area contributed by atoms with Crippen molar-refractivity contribution in [3.63, 3.8) is 0 Å². The van der Waals surface area contributed by atoms with Gasteiger partial charge in [-0.2, -0.15) is 0 Å². The molecule has 176 valence electrons. The third-order valence-corrected chi connectivity index (χ3v) is 9.03. The number of thiophene rings is 1. The first kappa shape index (κ1) is 23.8. The first-order chi connectivity index (χ1) is 15.3. The summed E-state index contributed by atoms with van der Waals surface area (Å²) in [6, 6.07) is 10.4. The number of anilines is 1. The van der Waals surface area contributed by atoms with Crippen LogP contribution >= 0.6 is 11.3 Å². The van der Waals surface area contributed by atoms with Crippen molar-refractivity contribution in [2.75, 3.05) is 24.5 Å². The Morgan fingerprint density at radius 3 is 2.34 bits per heavy atom. The van der Waals surface area contributed by atoms with E-state index in [1.54, 1.807) is 11.1 Å². The summed E-state index contributed by atoms with van der Waals surface area (Å²) in [4.78, 5) is 2.61. The Labute approximate surface area is 200 Å². The Hall–Kier alpha value is -1.32. The molecular formula is C29H44N2S. The molecule has 0 unspecified atom stereocenters. The van der Waals surface area contributed by atoms with Gasteiger partial charge in [0.25, 0.3) is 0 Å². The van der Waals surface area contributed by atoms with Gasteiger partial charge in [-0.3, -0.25) is 0 Å². The number of nitrogens with zero attached hydrogens (tertiary/aromatic N) is 1. The van der Waals surface area contributed by atoms with Crippen molar-refractivity contribution in [1.82, 2.24) is 5.32 Å². The molecule has 0 atom stereocenters. The fraction of sp³-hybridized carbons (Fsp3) is 0.655. The van der Waals surface area contributed by atoms with Gasteiger partial charge in [0.05, 0.1) is 5.00 Å². The molecule has 0 spiro atoms. The van der Waals surface area contributed by atoms with Gasteiger partial charge in [-0.25, -0.2) is 0 Å². The number of fused-ring (bicyclic) bond motifs is 1. The van der Waals surface area contributed by atoms with Gasteiger partial charge in [0.1, 0.15) is 0 Å². The first-order valence-corrected chi connectivity index (χ1v) is 13.9. The highest BCUT2D eigenvalue weighted by atomic mass is 32.1. The lowest BCUT2D eigenvalue weighted by atomic mass is 9.63. The number of rotatable bonds is 8. The number of hydrogen-bond donors (Lipinski definition) is 1. The van der Waals surface area contributed by atoms with E-state index in [-0.39, 0.29) is 10.8 Å². The smallest absolute Gasteiger partial charge is 0.0914 e. The van der Waals surface area contributed by atoms with E-state index in [1.807, 2.05) is 11.3 Å². The van der Waals surface area contributed by atoms with Gasteiger partial charge in [-0.1, -0.05) is 72.1 Å². The van der Waals surface area contributed by atoms with Gasteiger partial charge in [0.2, 0.25) is 0 Å². The number of unbranched alkanes of at least 4 members (excludes halogenated alkanes) is 3. The molecule has 1 fully saturated rings. The molecule has 1 aliphatic carbocycles. The maximum absolute atomic E-state index is 3.80. The molecular weight excluding hydrogens is 408 g/mol. The second kappa shape index (κ2) is 9.89. The molecule has 4 rings (SSSR count). The zero-order valence-electron chi connectivity index (χ0n) is 21.1. The van der Waals surface area contributed by atoms with Crippen molar-refractivity contribution >= 4 is 16.3 Å². The van der Waals surface area contributed by atoms with Gasteiger partial charge in [0, 0.05) is 24.5 Å². The highest BCUT2D eigenvalue weighted by Gasteiger charge is 2.37. The molecule has 1 aromatic carbocycles. The molecule has 0 bridgehead atoms. The van der Waals surface area contributed by atoms with Crippen LogP contribution in [0, 0.1) is 0 Å². The molecule has 2 aromatic rings. The summed E-state index contributed by atoms with van der Waals surface area (Å²) in [5.41, 5.74) is 6.45. The molecule has 1 aromatic heterocycles. The van der Waals surface area contributed by atoms with Crippen LogP contribution in [0.2, 0.25) is 0 Å². The monoisotopic (exact) mass is 452 g/mol. The Morgan fingerprint density at radius 2 is 1.62 bits per heavy atom. The van der Waals surface area contributed by atoms with Gasteiger partial charge >= 0.3 is 0 Å². The highest BCUT2D eigenvalue weighted by Crippen LogP contribution is 2.47. The van der Waals surface area contributed by atoms with Gasteiger partial charge in [-0.15, -0.1) is 11.3 Å². The van der Waals surface area contributed by atoms with E-state index in [0.29, 0.717) is 6.04 Å². The largest absolute Gasteiger partial charge is 0.363 e. The second-order valence-electron chi connectivity index (χ2n) is 11.5. The van der Waals surface area contributed by atoms with Crippen LogP contribution < -0.4 is 10.2 Å². The number of benzene rings is 1. The minimum atomic E-state index is 0.269. The maximum Gasteiger partial charge on any atom is 0.0914 e. The highest BCUT2D eigenvalue weighted by molar-refractivity contribution is 7.14. The summed E-state index contributed by atoms with van der Waals surface area (Å²) in [6.45, 7) is 15.5. The summed E-state index contributed by atoms with van der Waals surface area (Å²) >= 11 is 1.92. The lowest BCUT2D eigenvalue weighted by molar-refractivity contribution is 0.332. The van der Waals surface area contributed by atoms with E-state index < -0.39 is 0 Å². The molecule has 0 radical (unpaired) electrons. The van der Waals surface area contributed by atoms with Crippen LogP contribution in [-0.2, 0) is 10.8 Å². The number of nitrogens with one attached hydrogen (secondary N) is 1. The Balaban J connectivity index is 1.39. The standard InChI is InChI=1S/C29H44N2S/c1-6-7-8-9-16-30-24-12-17-31(18-13-24)27-20-23(21-32-27)22-10-11-25-26(19-22)29(4,5)15-14-28(25,2)3/h10-11,19-21,24,30H,6-9,12-18H2,1-5H3. The zero-order valence-corrected chi connectivity index (χ0v) is 21.9. The number of piperidine rings is 1. The van der Waals surface area contributed by atoms with Crippen LogP contribution in [0.25, 0.3) is 11.1 Å². The lowest BCUT2D eigenvalue weighted by Crippen LogP contribution is -2.42. The summed E-state index contributed by atoms with van der Waals surface area (Å²) in [6.07, 6.45) is 10.5. The van der Waals surface area contributed by atoms with Crippen LogP contribution in [0.4, 0.5) is 5.00 Å². The predicted molar refractivity (Wildman–Crippen MR) is 142 cm³/mol. The summed E-state index contributed by atoms with van der Waals surface area (Å²) < 4.78 is 0. The first-order valence-electron chi connectivity index (χ1n) is 13.0. The van der Waals surface area contributed by atoms with E-state index in [9.17, 15) is 0 Å². The second-order valence-corrected chi connectivity index (χ2v) is 12.4. The molecule has 32 heavy (non-hydrogen) atoms. The molecule has 2 aliphatic rings. The van der Waals surface area contributed by atoms with Crippen molar-refractivity contribution in [3.8, 4) is 11.1 Å². The van der Waals surface area contributed by atoms with Crippen LogP contribution in [0.3, 0.4) is 0 Å². The molecule has 1 aliphatic heterocycles. The van der Waals surface area contributed by atoms with Gasteiger partial charge in [0.15, 0.2) is 0 Å². The van der Waals surface area contributed by atoms with Crippen molar-refractivity contribution in [2.45, 2.75) is 103 Å². The zero-order chi connectivity index (χ0) is 22.8. The Morgan fingerprint density at radius 1 is 0.906 bits per heavy atom. The molecule has 0 saturated carbocycles. The Bertz CT molecular complexity index is 886. The minimum absolute atomic E-state index is 0.269. The summed E-state index contributed by atoms with van der Waals surface area (Å²) in [5, 5.41) is 7.62. The molecule has 2 nitrogen and oxygen atoms in total. The average Bonchev–Trinajstić information content (AvgIpc) is 3.27. The molecule has 1 saturated heterocycles. The van der Waals surface area contributed by atoms with Gasteiger partial charge < -0.3 is 10.2 Å². The van der Waals surface area contributed by atoms with E-state index >= 15 is 0 Å². The van der Waals surface area contributed by atoms with E-state index in [1.165, 1.54) is 87.1 Å². The molecule has 3 heteroatoms. The fourth-order valence-electron chi connectivity index (χ4n) is 5.57. The van der Waals surface area contributed by atoms with E-state index in [0.717, 1.165) is 0 Å². The maximum atomic E-state index is 3.80. The van der Waals surface area contributed by atoms with Crippen molar-refractivity contribution in [3.05, 3.63) is 40.8 Å². The van der Waals surface area contributed by atoms with Crippen molar-refractivity contribution in [2.24, 2.45) is 0 Å². The molecule has 2 heterocycles. The Kier molecular flexibility index (Phi) is 7.36. The van der Waals surface area contributed by atoms with Crippen molar-refractivity contribution < 1.29 is 0 Å². The SMILES string of the molecule is CCCCCCNC1CCN(c2cc(-c3ccc4c(c3)C(C)(C)CCC4(C)C)cs2)CC1. The lowest BCUT2D eigenvalue weighted by Gasteiger charge is -2.42. The van der Waals surface area contributed by atoms with E-state index in [4.69, 9.17) is 0 Å². The van der Waals surface area contributed by atoms with Crippen LogP contribution in [0.15, 0.2) is 29.6 Å². The summed E-state index contributed by atoms with van der Waals surface area (Å²) in [7, 11) is 0. The predicted octanol–water partition coefficient (Wildman–Crippen LogP) is 7.90. The van der Waals surface area contributed by atoms with Crippen LogP contribution in [0.1, 0.15) is 97.1 Å². The third kappa shape index (κ3) is 5.25. The van der Waals surface area contributed by atoms with Gasteiger partial charge in [-0.05, 0) is 77.8 Å². The average molecular weight is 453 g/mol. The normalized spacial score (nSPS) is 20.3. The summed E-state index contributed by atoms with van der Waals surface area (Å²) in [5.74, 6) is 0. The third-order valence-electron chi connectivity index (χ3n) is 8.04. The van der Waals surface area contributed by atoms with Crippen molar-refractivity contribution in [1.29, 1.82) is 0 Å². The fourth-order valence-corrected chi connectivity index (χ4v) is 6.55. The van der Waals surface area contributed by atoms with Crippen LogP contribution in [0.5, 0.6) is 0 Å². The minimum Gasteiger partial charge on any atom is -0.363 e. The molecule has 0 amide bonds.